The number of rotatable bonds is 3. The number of likely N-dealkylation sites (tertiary alicyclic amines) is 1. The maximum absolute atomic E-state index is 9.54. The van der Waals surface area contributed by atoms with Crippen LogP contribution < -0.4 is 0 Å². The first-order chi connectivity index (χ1) is 7.28. The van der Waals surface area contributed by atoms with Gasteiger partial charge in [0.1, 0.15) is 11.5 Å². The molecule has 0 spiro atoms. The molecule has 15 heavy (non-hydrogen) atoms. The van der Waals surface area contributed by atoms with Crippen LogP contribution in [0.4, 0.5) is 0 Å². The van der Waals surface area contributed by atoms with Crippen LogP contribution in [0.5, 0.6) is 0 Å². The molecule has 2 rings (SSSR count). The van der Waals surface area contributed by atoms with Crippen molar-refractivity contribution in [2.75, 3.05) is 13.1 Å². The van der Waals surface area contributed by atoms with Crippen molar-refractivity contribution in [2.45, 2.75) is 38.8 Å². The zero-order chi connectivity index (χ0) is 10.7. The molecule has 1 atom stereocenters. The van der Waals surface area contributed by atoms with Gasteiger partial charge < -0.3 is 9.52 Å². The summed E-state index contributed by atoms with van der Waals surface area (Å²) in [7, 11) is 0. The SMILES string of the molecule is CCc1ccc(CN2CCCC(O)C2)o1. The molecule has 3 nitrogen and oxygen atoms in total. The lowest BCUT2D eigenvalue weighted by atomic mass is 10.1. The van der Waals surface area contributed by atoms with Gasteiger partial charge in [-0.2, -0.15) is 0 Å². The molecule has 1 saturated heterocycles. The van der Waals surface area contributed by atoms with Crippen LogP contribution >= 0.6 is 0 Å². The average molecular weight is 209 g/mol. The Balaban J connectivity index is 1.90. The second-order valence-electron chi connectivity index (χ2n) is 4.25. The fourth-order valence-electron chi connectivity index (χ4n) is 2.09. The number of piperidine rings is 1. The summed E-state index contributed by atoms with van der Waals surface area (Å²) in [4.78, 5) is 2.26. The summed E-state index contributed by atoms with van der Waals surface area (Å²) in [6, 6.07) is 4.08. The van der Waals surface area contributed by atoms with Crippen molar-refractivity contribution < 1.29 is 9.52 Å². The molecule has 0 aliphatic carbocycles. The number of aliphatic hydroxyl groups excluding tert-OH is 1. The van der Waals surface area contributed by atoms with Crippen LogP contribution in [0.25, 0.3) is 0 Å². The normalized spacial score (nSPS) is 23.2. The van der Waals surface area contributed by atoms with Crippen molar-refractivity contribution in [3.05, 3.63) is 23.7 Å². The molecule has 1 aliphatic rings. The summed E-state index contributed by atoms with van der Waals surface area (Å²) in [6.07, 6.45) is 2.82. The molecule has 84 valence electrons. The van der Waals surface area contributed by atoms with Crippen molar-refractivity contribution in [3.63, 3.8) is 0 Å². The van der Waals surface area contributed by atoms with Gasteiger partial charge in [-0.25, -0.2) is 0 Å². The van der Waals surface area contributed by atoms with E-state index in [0.717, 1.165) is 50.4 Å². The molecule has 1 aromatic rings. The lowest BCUT2D eigenvalue weighted by Crippen LogP contribution is -2.37. The highest BCUT2D eigenvalue weighted by atomic mass is 16.3. The Kier molecular flexibility index (Phi) is 3.44. The fraction of sp³-hybridized carbons (Fsp3) is 0.667. The van der Waals surface area contributed by atoms with Crippen molar-refractivity contribution in [3.8, 4) is 0 Å². The second-order valence-corrected chi connectivity index (χ2v) is 4.25. The van der Waals surface area contributed by atoms with Gasteiger partial charge in [-0.15, -0.1) is 0 Å². The third kappa shape index (κ3) is 2.83. The summed E-state index contributed by atoms with van der Waals surface area (Å²) < 4.78 is 5.65. The third-order valence-corrected chi connectivity index (χ3v) is 2.93. The minimum absolute atomic E-state index is 0.153. The molecule has 1 aromatic heterocycles. The van der Waals surface area contributed by atoms with Crippen molar-refractivity contribution in [1.29, 1.82) is 0 Å². The lowest BCUT2D eigenvalue weighted by Gasteiger charge is -2.29. The molecule has 0 aromatic carbocycles. The van der Waals surface area contributed by atoms with Crippen LogP contribution in [0.3, 0.4) is 0 Å². The van der Waals surface area contributed by atoms with Gasteiger partial charge >= 0.3 is 0 Å². The van der Waals surface area contributed by atoms with Gasteiger partial charge in [0, 0.05) is 13.0 Å². The maximum atomic E-state index is 9.54. The first kappa shape index (κ1) is 10.7. The number of aryl methyl sites for hydroxylation is 1. The summed E-state index contributed by atoms with van der Waals surface area (Å²) in [6.45, 7) is 4.77. The minimum atomic E-state index is -0.153. The molecule has 1 aliphatic heterocycles. The number of hydrogen-bond acceptors (Lipinski definition) is 3. The predicted molar refractivity (Wildman–Crippen MR) is 58.6 cm³/mol. The molecule has 1 fully saturated rings. The summed E-state index contributed by atoms with van der Waals surface area (Å²) in [5.41, 5.74) is 0. The Bertz CT molecular complexity index is 308. The Hall–Kier alpha value is -0.800. The van der Waals surface area contributed by atoms with Crippen molar-refractivity contribution in [2.24, 2.45) is 0 Å². The van der Waals surface area contributed by atoms with E-state index in [9.17, 15) is 5.11 Å². The molecule has 1 unspecified atom stereocenters. The van der Waals surface area contributed by atoms with E-state index in [4.69, 9.17) is 4.42 Å². The van der Waals surface area contributed by atoms with Gasteiger partial charge in [0.05, 0.1) is 12.6 Å². The van der Waals surface area contributed by atoms with E-state index in [2.05, 4.69) is 11.8 Å². The van der Waals surface area contributed by atoms with Gasteiger partial charge in [0.2, 0.25) is 0 Å². The summed E-state index contributed by atoms with van der Waals surface area (Å²) in [5.74, 6) is 2.06. The number of nitrogens with zero attached hydrogens (tertiary/aromatic N) is 1. The van der Waals surface area contributed by atoms with E-state index in [-0.39, 0.29) is 6.10 Å². The molecule has 0 radical (unpaired) electrons. The number of furan rings is 1. The second kappa shape index (κ2) is 4.81. The van der Waals surface area contributed by atoms with Crippen LogP contribution in [0.1, 0.15) is 31.3 Å². The van der Waals surface area contributed by atoms with Gasteiger partial charge in [-0.1, -0.05) is 6.92 Å². The van der Waals surface area contributed by atoms with Gasteiger partial charge in [0.15, 0.2) is 0 Å². The maximum Gasteiger partial charge on any atom is 0.118 e. The van der Waals surface area contributed by atoms with E-state index < -0.39 is 0 Å². The van der Waals surface area contributed by atoms with E-state index >= 15 is 0 Å². The van der Waals surface area contributed by atoms with E-state index in [1.54, 1.807) is 0 Å². The molecular formula is C12H19NO2. The average Bonchev–Trinajstić information content (AvgIpc) is 2.65. The Morgan fingerprint density at radius 3 is 2.93 bits per heavy atom. The lowest BCUT2D eigenvalue weighted by molar-refractivity contribution is 0.0632. The smallest absolute Gasteiger partial charge is 0.118 e. The molecule has 3 heteroatoms. The highest BCUT2D eigenvalue weighted by Gasteiger charge is 2.18. The first-order valence-electron chi connectivity index (χ1n) is 5.76. The summed E-state index contributed by atoms with van der Waals surface area (Å²) in [5, 5.41) is 9.54. The largest absolute Gasteiger partial charge is 0.465 e. The van der Waals surface area contributed by atoms with E-state index in [0.29, 0.717) is 0 Å². The van der Waals surface area contributed by atoms with Gasteiger partial charge in [0.25, 0.3) is 0 Å². The predicted octanol–water partition coefficient (Wildman–Crippen LogP) is 1.80. The Morgan fingerprint density at radius 1 is 1.47 bits per heavy atom. The highest BCUT2D eigenvalue weighted by molar-refractivity contribution is 5.07. The topological polar surface area (TPSA) is 36.6 Å². The van der Waals surface area contributed by atoms with Crippen LogP contribution in [-0.2, 0) is 13.0 Å². The highest BCUT2D eigenvalue weighted by Crippen LogP contribution is 2.15. The molecule has 0 amide bonds. The fourth-order valence-corrected chi connectivity index (χ4v) is 2.09. The quantitative estimate of drug-likeness (QED) is 0.824. The number of β-amino-alcohol motifs (C(OH)–C–C–N with tert-alkyl or cyclic N) is 1. The molecule has 2 heterocycles. The Morgan fingerprint density at radius 2 is 2.27 bits per heavy atom. The standard InChI is InChI=1S/C12H19NO2/c1-2-11-5-6-12(15-11)9-13-7-3-4-10(14)8-13/h5-6,10,14H,2-4,7-9H2,1H3. The van der Waals surface area contributed by atoms with Gasteiger partial charge in [-0.05, 0) is 31.5 Å². The summed E-state index contributed by atoms with van der Waals surface area (Å²) >= 11 is 0. The van der Waals surface area contributed by atoms with Crippen LogP contribution in [0, 0.1) is 0 Å². The van der Waals surface area contributed by atoms with E-state index in [1.165, 1.54) is 0 Å². The Labute approximate surface area is 90.7 Å². The third-order valence-electron chi connectivity index (χ3n) is 2.93. The zero-order valence-electron chi connectivity index (χ0n) is 9.28. The number of hydrogen-bond donors (Lipinski definition) is 1. The van der Waals surface area contributed by atoms with Crippen LogP contribution in [-0.4, -0.2) is 29.2 Å². The first-order valence-corrected chi connectivity index (χ1v) is 5.76. The molecule has 0 saturated carbocycles. The molecular weight excluding hydrogens is 190 g/mol. The number of aliphatic hydroxyl groups is 1. The van der Waals surface area contributed by atoms with Crippen molar-refractivity contribution >= 4 is 0 Å². The van der Waals surface area contributed by atoms with Crippen LogP contribution in [0.15, 0.2) is 16.5 Å². The zero-order valence-corrected chi connectivity index (χ0v) is 9.28. The molecule has 1 N–H and O–H groups in total. The van der Waals surface area contributed by atoms with Gasteiger partial charge in [-0.3, -0.25) is 4.90 Å². The van der Waals surface area contributed by atoms with E-state index in [1.807, 2.05) is 12.1 Å². The van der Waals surface area contributed by atoms with Crippen LogP contribution in [0.2, 0.25) is 0 Å². The monoisotopic (exact) mass is 209 g/mol. The minimum Gasteiger partial charge on any atom is -0.465 e. The molecule has 0 bridgehead atoms. The van der Waals surface area contributed by atoms with Crippen molar-refractivity contribution in [1.82, 2.24) is 4.90 Å².